The highest BCUT2D eigenvalue weighted by molar-refractivity contribution is 9.08. The monoisotopic (exact) mass is 397 g/mol. The average molecular weight is 399 g/mol. The second-order valence-electron chi connectivity index (χ2n) is 5.51. The zero-order chi connectivity index (χ0) is 16.5. The Morgan fingerprint density at radius 1 is 0.875 bits per heavy atom. The van der Waals surface area contributed by atoms with Crippen LogP contribution in [0.2, 0.25) is 5.02 Å². The number of alkyl halides is 1. The Morgan fingerprint density at radius 3 is 2.42 bits per heavy atom. The van der Waals surface area contributed by atoms with Crippen molar-refractivity contribution in [3.8, 4) is 22.6 Å². The molecule has 0 unspecified atom stereocenters. The summed E-state index contributed by atoms with van der Waals surface area (Å²) in [5.74, 6) is 0.582. The number of benzene rings is 3. The number of nitrogens with zero attached hydrogens (tertiary/aromatic N) is 1. The Labute approximate surface area is 153 Å². The predicted octanol–water partition coefficient (Wildman–Crippen LogP) is 6.71. The van der Waals surface area contributed by atoms with Gasteiger partial charge in [0.15, 0.2) is 5.58 Å². The minimum absolute atomic E-state index is 0.582. The molecule has 0 aliphatic rings. The highest BCUT2D eigenvalue weighted by atomic mass is 79.9. The molecule has 0 aliphatic carbocycles. The van der Waals surface area contributed by atoms with Crippen molar-refractivity contribution in [1.29, 1.82) is 0 Å². The number of hydrogen-bond acceptors (Lipinski definition) is 2. The third kappa shape index (κ3) is 2.85. The van der Waals surface area contributed by atoms with E-state index in [1.54, 1.807) is 0 Å². The van der Waals surface area contributed by atoms with E-state index in [1.807, 2.05) is 54.6 Å². The minimum Gasteiger partial charge on any atom is -0.436 e. The zero-order valence-corrected chi connectivity index (χ0v) is 15.0. The summed E-state index contributed by atoms with van der Waals surface area (Å²) in [6.45, 7) is 0. The first kappa shape index (κ1) is 15.4. The highest BCUT2D eigenvalue weighted by Crippen LogP contribution is 2.30. The van der Waals surface area contributed by atoms with E-state index in [0.29, 0.717) is 10.9 Å². The largest absolute Gasteiger partial charge is 0.436 e. The van der Waals surface area contributed by atoms with Crippen molar-refractivity contribution in [3.63, 3.8) is 0 Å². The maximum atomic E-state index is 6.28. The van der Waals surface area contributed by atoms with Gasteiger partial charge in [-0.15, -0.1) is 0 Å². The van der Waals surface area contributed by atoms with E-state index in [9.17, 15) is 0 Å². The van der Waals surface area contributed by atoms with Crippen LogP contribution in [-0.2, 0) is 5.33 Å². The van der Waals surface area contributed by atoms with Crippen LogP contribution in [0.25, 0.3) is 33.7 Å². The second-order valence-corrected chi connectivity index (χ2v) is 6.48. The van der Waals surface area contributed by atoms with E-state index in [4.69, 9.17) is 16.0 Å². The lowest BCUT2D eigenvalue weighted by Gasteiger charge is -2.01. The number of rotatable bonds is 3. The molecule has 0 N–H and O–H groups in total. The third-order valence-electron chi connectivity index (χ3n) is 3.94. The Hall–Kier alpha value is -2.10. The van der Waals surface area contributed by atoms with Crippen molar-refractivity contribution in [2.75, 3.05) is 0 Å². The Kier molecular flexibility index (Phi) is 4.13. The molecule has 0 atom stereocenters. The maximum Gasteiger partial charge on any atom is 0.227 e. The number of halogens is 2. The standard InChI is InChI=1S/C20H13BrClNO/c21-12-16-7-6-15(10-17(16)22)20-23-18-11-14(8-9-19(18)24-20)13-4-2-1-3-5-13/h1-11H,12H2. The molecule has 2 nitrogen and oxygen atoms in total. The minimum atomic E-state index is 0.582. The number of oxazole rings is 1. The summed E-state index contributed by atoms with van der Waals surface area (Å²) >= 11 is 9.71. The fraction of sp³-hybridized carbons (Fsp3) is 0.0500. The summed E-state index contributed by atoms with van der Waals surface area (Å²) in [6, 6.07) is 22.1. The van der Waals surface area contributed by atoms with Gasteiger partial charge in [0.1, 0.15) is 5.52 Å². The van der Waals surface area contributed by atoms with Crippen LogP contribution in [-0.4, -0.2) is 4.98 Å². The maximum absolute atomic E-state index is 6.28. The third-order valence-corrected chi connectivity index (χ3v) is 4.89. The van der Waals surface area contributed by atoms with E-state index in [2.05, 4.69) is 33.0 Å². The van der Waals surface area contributed by atoms with Crippen LogP contribution in [0.15, 0.2) is 71.1 Å². The van der Waals surface area contributed by atoms with Crippen molar-refractivity contribution in [2.24, 2.45) is 0 Å². The van der Waals surface area contributed by atoms with Crippen molar-refractivity contribution in [1.82, 2.24) is 4.98 Å². The van der Waals surface area contributed by atoms with Crippen molar-refractivity contribution in [2.45, 2.75) is 5.33 Å². The molecule has 1 heterocycles. The van der Waals surface area contributed by atoms with Crippen molar-refractivity contribution >= 4 is 38.6 Å². The van der Waals surface area contributed by atoms with Crippen LogP contribution in [0, 0.1) is 0 Å². The Morgan fingerprint density at radius 2 is 1.67 bits per heavy atom. The predicted molar refractivity (Wildman–Crippen MR) is 103 cm³/mol. The van der Waals surface area contributed by atoms with Gasteiger partial charge in [-0.1, -0.05) is 70.0 Å². The smallest absolute Gasteiger partial charge is 0.227 e. The Bertz CT molecular complexity index is 1010. The molecule has 3 aromatic carbocycles. The summed E-state index contributed by atoms with van der Waals surface area (Å²) in [5.41, 5.74) is 5.81. The van der Waals surface area contributed by atoms with Gasteiger partial charge in [-0.3, -0.25) is 0 Å². The lowest BCUT2D eigenvalue weighted by Crippen LogP contribution is -1.83. The molecule has 0 amide bonds. The van der Waals surface area contributed by atoms with Crippen molar-refractivity contribution in [3.05, 3.63) is 77.3 Å². The molecule has 0 saturated carbocycles. The van der Waals surface area contributed by atoms with Gasteiger partial charge in [0, 0.05) is 15.9 Å². The average Bonchev–Trinajstić information content (AvgIpc) is 3.05. The zero-order valence-electron chi connectivity index (χ0n) is 12.7. The molecular weight excluding hydrogens is 386 g/mol. The molecule has 0 radical (unpaired) electrons. The van der Waals surface area contributed by atoms with Crippen LogP contribution < -0.4 is 0 Å². The molecule has 0 fully saturated rings. The molecule has 0 saturated heterocycles. The first-order valence-corrected chi connectivity index (χ1v) is 9.05. The summed E-state index contributed by atoms with van der Waals surface area (Å²) < 4.78 is 5.89. The summed E-state index contributed by atoms with van der Waals surface area (Å²) in [7, 11) is 0. The van der Waals surface area contributed by atoms with E-state index < -0.39 is 0 Å². The number of aromatic nitrogens is 1. The van der Waals surface area contributed by atoms with Crippen LogP contribution in [0.5, 0.6) is 0 Å². The van der Waals surface area contributed by atoms with Gasteiger partial charge in [0.2, 0.25) is 5.89 Å². The molecule has 118 valence electrons. The molecule has 0 bridgehead atoms. The van der Waals surface area contributed by atoms with E-state index in [0.717, 1.165) is 38.7 Å². The van der Waals surface area contributed by atoms with Crippen LogP contribution in [0.3, 0.4) is 0 Å². The number of hydrogen-bond donors (Lipinski definition) is 0. The molecule has 4 heteroatoms. The lowest BCUT2D eigenvalue weighted by atomic mass is 10.1. The van der Waals surface area contributed by atoms with Crippen molar-refractivity contribution < 1.29 is 4.42 Å². The second kappa shape index (κ2) is 6.42. The number of fused-ring (bicyclic) bond motifs is 1. The molecule has 0 aliphatic heterocycles. The van der Waals surface area contributed by atoms with Crippen LogP contribution >= 0.6 is 27.5 Å². The summed E-state index contributed by atoms with van der Waals surface area (Å²) in [6.07, 6.45) is 0. The first-order valence-electron chi connectivity index (χ1n) is 7.55. The van der Waals surface area contributed by atoms with Gasteiger partial charge >= 0.3 is 0 Å². The Balaban J connectivity index is 1.77. The van der Waals surface area contributed by atoms with Gasteiger partial charge in [-0.25, -0.2) is 4.98 Å². The fourth-order valence-corrected chi connectivity index (χ4v) is 3.55. The summed E-state index contributed by atoms with van der Waals surface area (Å²) in [4.78, 5) is 4.63. The van der Waals surface area contributed by atoms with E-state index in [-0.39, 0.29) is 0 Å². The van der Waals surface area contributed by atoms with Gasteiger partial charge in [0.25, 0.3) is 0 Å². The van der Waals surface area contributed by atoms with Crippen LogP contribution in [0.4, 0.5) is 0 Å². The van der Waals surface area contributed by atoms with Gasteiger partial charge in [0.05, 0.1) is 0 Å². The fourth-order valence-electron chi connectivity index (χ4n) is 2.65. The lowest BCUT2D eigenvalue weighted by molar-refractivity contribution is 0.620. The molecule has 0 spiro atoms. The molecule has 24 heavy (non-hydrogen) atoms. The summed E-state index contributed by atoms with van der Waals surface area (Å²) in [5, 5.41) is 1.43. The van der Waals surface area contributed by atoms with Gasteiger partial charge in [-0.2, -0.15) is 0 Å². The normalized spacial score (nSPS) is 11.1. The topological polar surface area (TPSA) is 26.0 Å². The van der Waals surface area contributed by atoms with E-state index in [1.165, 1.54) is 0 Å². The molecule has 4 aromatic rings. The van der Waals surface area contributed by atoms with Crippen LogP contribution in [0.1, 0.15) is 5.56 Å². The molecular formula is C20H13BrClNO. The van der Waals surface area contributed by atoms with E-state index >= 15 is 0 Å². The SMILES string of the molecule is Clc1cc(-c2nc3cc(-c4ccccc4)ccc3o2)ccc1CBr. The first-order chi connectivity index (χ1) is 11.7. The van der Waals surface area contributed by atoms with Gasteiger partial charge < -0.3 is 4.42 Å². The molecule has 1 aromatic heterocycles. The highest BCUT2D eigenvalue weighted by Gasteiger charge is 2.11. The van der Waals surface area contributed by atoms with Gasteiger partial charge in [-0.05, 0) is 41.0 Å². The quantitative estimate of drug-likeness (QED) is 0.358. The molecule has 4 rings (SSSR count).